The predicted octanol–water partition coefficient (Wildman–Crippen LogP) is 6.62. The first-order valence-corrected chi connectivity index (χ1v) is 22.0. The van der Waals surface area contributed by atoms with Gasteiger partial charge in [0.05, 0.1) is 6.61 Å². The molecule has 38 heavy (non-hydrogen) atoms. The molecule has 1 N–H and O–H groups in total. The van der Waals surface area contributed by atoms with Crippen LogP contribution in [0.15, 0.2) is 46.5 Å². The van der Waals surface area contributed by atoms with Gasteiger partial charge in [-0.2, -0.15) is 0 Å². The number of benzene rings is 1. The first-order valence-electron chi connectivity index (χ1n) is 14.1. The molecule has 206 valence electrons. The number of furan rings is 1. The summed E-state index contributed by atoms with van der Waals surface area (Å²) in [7, 11) is 0. The molecule has 1 aliphatic heterocycles. The minimum absolute atomic E-state index is 0.184. The predicted molar refractivity (Wildman–Crippen MR) is 161 cm³/mol. The van der Waals surface area contributed by atoms with Gasteiger partial charge in [-0.05, 0) is 6.92 Å². The van der Waals surface area contributed by atoms with Crippen molar-refractivity contribution in [1.29, 1.82) is 0 Å². The molecule has 1 saturated heterocycles. The van der Waals surface area contributed by atoms with E-state index in [2.05, 4.69) is 50.4 Å². The summed E-state index contributed by atoms with van der Waals surface area (Å²) in [5.41, 5.74) is 1.37. The Bertz CT molecular complexity index is 1120. The van der Waals surface area contributed by atoms with Gasteiger partial charge in [0.25, 0.3) is 0 Å². The van der Waals surface area contributed by atoms with Crippen molar-refractivity contribution in [3.8, 4) is 11.3 Å². The first kappa shape index (κ1) is 30.4. The zero-order valence-electron chi connectivity index (χ0n) is 23.3. The van der Waals surface area contributed by atoms with Gasteiger partial charge in [0, 0.05) is 0 Å². The van der Waals surface area contributed by atoms with Gasteiger partial charge in [0.1, 0.15) is 0 Å². The Morgan fingerprint density at radius 3 is 2.29 bits per heavy atom. The molecule has 1 amide bonds. The van der Waals surface area contributed by atoms with E-state index < -0.39 is 24.3 Å². The number of rotatable bonds is 15. The van der Waals surface area contributed by atoms with Crippen molar-refractivity contribution in [2.24, 2.45) is 0 Å². The monoisotopic (exact) mass is 646 g/mol. The van der Waals surface area contributed by atoms with E-state index in [1.165, 1.54) is 56.7 Å². The molecule has 0 radical (unpaired) electrons. The maximum atomic E-state index is 12.8. The van der Waals surface area contributed by atoms with Crippen LogP contribution < -0.4 is 8.90 Å². The van der Waals surface area contributed by atoms with Gasteiger partial charge in [-0.1, -0.05) is 0 Å². The summed E-state index contributed by atoms with van der Waals surface area (Å²) in [5, 5.41) is 3.08. The fourth-order valence-electron chi connectivity index (χ4n) is 5.13. The van der Waals surface area contributed by atoms with Crippen LogP contribution in [-0.2, 0) is 14.3 Å². The standard InChI is InChI=1S/C18H15N2O4S.3C4H9.Sn/c1-2-23-16(21)11-20-17(22)14(19-18(20)25)10-13-8-9-15(24-13)12-6-4-3-5-7-12;3*1-3-4-2;/h3-4,6-10H,2,11H2,1H3,(H,19,25);3*1,3-4H2,2H3;. The molecule has 0 atom stereocenters. The number of nitrogens with zero attached hydrogens (tertiary/aromatic N) is 1. The average molecular weight is 645 g/mol. The molecule has 1 aliphatic rings. The molecule has 0 bridgehead atoms. The topological polar surface area (TPSA) is 71.8 Å². The molecule has 0 unspecified atom stereocenters. The van der Waals surface area contributed by atoms with Crippen LogP contribution in [0.1, 0.15) is 72.0 Å². The molecule has 1 fully saturated rings. The van der Waals surface area contributed by atoms with Crippen LogP contribution in [0.3, 0.4) is 0 Å². The fourth-order valence-corrected chi connectivity index (χ4v) is 21.4. The summed E-state index contributed by atoms with van der Waals surface area (Å²) in [6, 6.07) is 12.9. The van der Waals surface area contributed by atoms with Crippen molar-refractivity contribution in [3.05, 3.63) is 47.9 Å². The third kappa shape index (κ3) is 7.71. The van der Waals surface area contributed by atoms with Crippen LogP contribution >= 0.6 is 12.2 Å². The quantitative estimate of drug-likeness (QED) is 0.102. The normalized spacial score (nSPS) is 14.8. The number of nitrogens with one attached hydrogen (secondary N) is 1. The maximum absolute atomic E-state index is 12.8. The second-order valence-corrected chi connectivity index (χ2v) is 23.7. The second kappa shape index (κ2) is 14.9. The number of carbonyl (C=O) groups is 2. The van der Waals surface area contributed by atoms with E-state index in [4.69, 9.17) is 21.4 Å². The summed E-state index contributed by atoms with van der Waals surface area (Å²) in [4.78, 5) is 25.9. The van der Waals surface area contributed by atoms with Crippen LogP contribution in [0.4, 0.5) is 0 Å². The fraction of sp³-hybridized carbons (Fsp3) is 0.500. The van der Waals surface area contributed by atoms with Gasteiger partial charge in [-0.25, -0.2) is 0 Å². The minimum atomic E-state index is -2.56. The molecule has 6 nitrogen and oxygen atoms in total. The van der Waals surface area contributed by atoms with Crippen molar-refractivity contribution in [1.82, 2.24) is 10.2 Å². The van der Waals surface area contributed by atoms with E-state index in [9.17, 15) is 9.59 Å². The Morgan fingerprint density at radius 2 is 1.68 bits per heavy atom. The second-order valence-electron chi connectivity index (χ2n) is 10.1. The summed E-state index contributed by atoms with van der Waals surface area (Å²) in [5.74, 6) is 0.478. The summed E-state index contributed by atoms with van der Waals surface area (Å²) in [6.45, 7) is 8.67. The Kier molecular flexibility index (Phi) is 11.9. The van der Waals surface area contributed by atoms with Gasteiger partial charge < -0.3 is 4.74 Å². The molecule has 0 spiro atoms. The summed E-state index contributed by atoms with van der Waals surface area (Å²) in [6.07, 6.45) is 9.36. The number of hydrogen-bond donors (Lipinski definition) is 1. The molecule has 3 rings (SSSR count). The van der Waals surface area contributed by atoms with Crippen LogP contribution in [0.2, 0.25) is 13.3 Å². The molecular weight excluding hydrogens is 603 g/mol. The van der Waals surface area contributed by atoms with E-state index in [-0.39, 0.29) is 29.9 Å². The van der Waals surface area contributed by atoms with E-state index >= 15 is 0 Å². The Labute approximate surface area is 237 Å². The van der Waals surface area contributed by atoms with Crippen LogP contribution in [0, 0.1) is 0 Å². The SMILES string of the molecule is CCC[CH2][Sn]([CH2]CCC)([CH2]CCC)[c]1cccc(-c2ccc(C=C3NC(=S)N(CC(=O)OCC)C3=O)o2)c1. The average Bonchev–Trinajstić information content (AvgIpc) is 3.49. The summed E-state index contributed by atoms with van der Waals surface area (Å²) >= 11 is 2.69. The molecule has 8 heteroatoms. The zero-order chi connectivity index (χ0) is 27.5. The number of thiocarbonyl (C=S) groups is 1. The molecule has 0 saturated carbocycles. The van der Waals surface area contributed by atoms with Crippen LogP contribution in [-0.4, -0.2) is 53.4 Å². The van der Waals surface area contributed by atoms with Crippen molar-refractivity contribution in [3.63, 3.8) is 0 Å². The molecule has 1 aromatic heterocycles. The van der Waals surface area contributed by atoms with Gasteiger partial charge in [0.2, 0.25) is 0 Å². The Balaban J connectivity index is 1.85. The van der Waals surface area contributed by atoms with Crippen LogP contribution in [0.5, 0.6) is 0 Å². The van der Waals surface area contributed by atoms with Gasteiger partial charge in [-0.15, -0.1) is 0 Å². The number of amides is 1. The van der Waals surface area contributed by atoms with E-state index in [1.807, 2.05) is 12.1 Å². The Morgan fingerprint density at radius 1 is 1.03 bits per heavy atom. The van der Waals surface area contributed by atoms with E-state index in [0.717, 1.165) is 11.3 Å². The van der Waals surface area contributed by atoms with Crippen molar-refractivity contribution in [2.75, 3.05) is 13.2 Å². The zero-order valence-corrected chi connectivity index (χ0v) is 27.0. The first-order chi connectivity index (χ1) is 18.4. The molecule has 1 aromatic carbocycles. The van der Waals surface area contributed by atoms with Gasteiger partial charge in [0.15, 0.2) is 0 Å². The number of hydrogen-bond acceptors (Lipinski definition) is 5. The van der Waals surface area contributed by atoms with Crippen molar-refractivity contribution in [2.45, 2.75) is 79.5 Å². The van der Waals surface area contributed by atoms with Gasteiger partial charge >= 0.3 is 215 Å². The van der Waals surface area contributed by atoms with Gasteiger partial charge in [-0.3, -0.25) is 4.79 Å². The number of esters is 1. The molecule has 2 heterocycles. The number of unbranched alkanes of at least 4 members (excludes halogenated alkanes) is 3. The molecule has 0 aliphatic carbocycles. The van der Waals surface area contributed by atoms with Crippen molar-refractivity contribution >= 4 is 57.2 Å². The van der Waals surface area contributed by atoms with Crippen LogP contribution in [0.25, 0.3) is 17.4 Å². The molecule has 2 aromatic rings. The summed E-state index contributed by atoms with van der Waals surface area (Å²) < 4.78 is 17.0. The third-order valence-corrected chi connectivity index (χ3v) is 23.2. The Hall–Kier alpha value is -2.13. The van der Waals surface area contributed by atoms with E-state index in [1.54, 1.807) is 16.6 Å². The number of carbonyl (C=O) groups excluding carboxylic acids is 2. The molecular formula is C30H42N2O4SSn. The van der Waals surface area contributed by atoms with Crippen molar-refractivity contribution < 1.29 is 18.7 Å². The number of ether oxygens (including phenoxy) is 1. The third-order valence-electron chi connectivity index (χ3n) is 7.25. The van der Waals surface area contributed by atoms with E-state index in [0.29, 0.717) is 5.76 Å².